The molecule has 0 aliphatic heterocycles. The predicted molar refractivity (Wildman–Crippen MR) is 121 cm³/mol. The Hall–Kier alpha value is -1.82. The number of carbonyl (C=O) groups is 4. The molecule has 33 heavy (non-hydrogen) atoms. The molecule has 0 aromatic rings. The minimum Gasteiger partial charge on any atom is -0.450 e. The summed E-state index contributed by atoms with van der Waals surface area (Å²) in [5, 5.41) is 0. The number of halogens is 2. The molecule has 0 aromatic heterocycles. The molecule has 4 aliphatic carbocycles. The molecule has 7 heteroatoms. The first-order valence-corrected chi connectivity index (χ1v) is 12.3. The lowest BCUT2D eigenvalue weighted by atomic mass is 9.45. The Labute approximate surface area is 199 Å². The van der Waals surface area contributed by atoms with Crippen molar-refractivity contribution in [1.82, 2.24) is 0 Å². The van der Waals surface area contributed by atoms with Crippen LogP contribution < -0.4 is 0 Å². The number of fused-ring (bicyclic) bond motifs is 5. The molecule has 0 amide bonds. The lowest BCUT2D eigenvalue weighted by Crippen LogP contribution is -2.68. The van der Waals surface area contributed by atoms with Gasteiger partial charge in [-0.25, -0.2) is 4.39 Å². The summed E-state index contributed by atoms with van der Waals surface area (Å²) < 4.78 is 23.1. The maximum atomic E-state index is 17.1. The van der Waals surface area contributed by atoms with Crippen molar-refractivity contribution in [2.75, 3.05) is 5.88 Å². The van der Waals surface area contributed by atoms with Gasteiger partial charge in [-0.15, -0.1) is 11.6 Å². The van der Waals surface area contributed by atoms with Crippen molar-refractivity contribution in [2.24, 2.45) is 34.5 Å². The van der Waals surface area contributed by atoms with Crippen molar-refractivity contribution < 1.29 is 28.3 Å². The molecule has 0 saturated heterocycles. The fourth-order valence-corrected chi connectivity index (χ4v) is 7.70. The van der Waals surface area contributed by atoms with Gasteiger partial charge >= 0.3 is 5.97 Å². The second-order valence-electron chi connectivity index (χ2n) is 11.1. The topological polar surface area (TPSA) is 77.5 Å². The van der Waals surface area contributed by atoms with E-state index in [1.807, 2.05) is 6.92 Å². The van der Waals surface area contributed by atoms with Gasteiger partial charge in [0.2, 0.25) is 0 Å². The van der Waals surface area contributed by atoms with E-state index in [0.29, 0.717) is 24.8 Å². The van der Waals surface area contributed by atoms with Crippen LogP contribution in [-0.2, 0) is 23.9 Å². The Kier molecular flexibility index (Phi) is 5.59. The summed E-state index contributed by atoms with van der Waals surface area (Å²) in [6, 6.07) is 0. The van der Waals surface area contributed by atoms with Crippen LogP contribution in [0, 0.1) is 34.5 Å². The summed E-state index contributed by atoms with van der Waals surface area (Å²) in [5.41, 5.74) is -5.40. The Bertz CT molecular complexity index is 1000. The van der Waals surface area contributed by atoms with E-state index in [9.17, 15) is 19.2 Å². The zero-order valence-corrected chi connectivity index (χ0v) is 20.6. The van der Waals surface area contributed by atoms with E-state index < -0.39 is 57.4 Å². The van der Waals surface area contributed by atoms with Gasteiger partial charge in [0.1, 0.15) is 0 Å². The standard InChI is InChI=1S/C26H32ClFO5/c1-14(2)22(32)33-26(21(31)13-27)15(3)10-19-18-7-6-16-11-17(29)8-9-23(16,4)25(18,28)20(30)12-24(19,26)5/h8-9,11,14-15,18-19H,6-7,10,12-13H2,1-5H3/t15-,18-,19-,23-,24-,25-,26-/m0/s1. The normalized spacial score (nSPS) is 44.1. The van der Waals surface area contributed by atoms with E-state index >= 15 is 4.39 Å². The maximum Gasteiger partial charge on any atom is 0.309 e. The number of carbonyl (C=O) groups excluding carboxylic acids is 4. The van der Waals surface area contributed by atoms with Crippen LogP contribution in [0.1, 0.15) is 60.3 Å². The molecule has 4 rings (SSSR count). The van der Waals surface area contributed by atoms with Crippen LogP contribution in [-0.4, -0.2) is 40.5 Å². The second kappa shape index (κ2) is 7.59. The number of hydrogen-bond donors (Lipinski definition) is 0. The number of ketones is 3. The van der Waals surface area contributed by atoms with Crippen molar-refractivity contribution in [2.45, 2.75) is 71.6 Å². The highest BCUT2D eigenvalue weighted by molar-refractivity contribution is 6.29. The summed E-state index contributed by atoms with van der Waals surface area (Å²) in [6.07, 6.45) is 5.46. The number of esters is 1. The Balaban J connectivity index is 1.86. The molecule has 0 radical (unpaired) electrons. The SMILES string of the molecule is CC(C)C(=O)O[C@]1(C(=O)CCl)[C@@H](C)C[C@H]2[C@@H]3CCC4=CC(=O)C=C[C@]4(C)[C@@]3(F)C(=O)C[C@@]21C. The molecule has 5 nitrogen and oxygen atoms in total. The first kappa shape index (κ1) is 24.3. The van der Waals surface area contributed by atoms with Gasteiger partial charge in [-0.1, -0.05) is 39.3 Å². The highest BCUT2D eigenvalue weighted by atomic mass is 35.5. The van der Waals surface area contributed by atoms with Crippen molar-refractivity contribution in [3.63, 3.8) is 0 Å². The van der Waals surface area contributed by atoms with E-state index in [2.05, 4.69) is 0 Å². The highest BCUT2D eigenvalue weighted by Gasteiger charge is 2.77. The lowest BCUT2D eigenvalue weighted by molar-refractivity contribution is -0.203. The Morgan fingerprint density at radius 3 is 2.52 bits per heavy atom. The molecular weight excluding hydrogens is 447 g/mol. The van der Waals surface area contributed by atoms with Gasteiger partial charge in [-0.05, 0) is 44.3 Å². The van der Waals surface area contributed by atoms with Crippen LogP contribution in [0.5, 0.6) is 0 Å². The van der Waals surface area contributed by atoms with Crippen LogP contribution in [0.15, 0.2) is 23.8 Å². The van der Waals surface area contributed by atoms with Gasteiger partial charge in [0.05, 0.1) is 11.8 Å². The minimum atomic E-state index is -2.19. The summed E-state index contributed by atoms with van der Waals surface area (Å²) in [7, 11) is 0. The van der Waals surface area contributed by atoms with Gasteiger partial charge in [0.15, 0.2) is 28.6 Å². The van der Waals surface area contributed by atoms with Gasteiger partial charge in [-0.3, -0.25) is 19.2 Å². The first-order valence-electron chi connectivity index (χ1n) is 11.8. The summed E-state index contributed by atoms with van der Waals surface area (Å²) in [5.74, 6) is -4.00. The van der Waals surface area contributed by atoms with Crippen LogP contribution in [0.2, 0.25) is 0 Å². The smallest absolute Gasteiger partial charge is 0.309 e. The first-order chi connectivity index (χ1) is 15.3. The van der Waals surface area contributed by atoms with E-state index in [1.165, 1.54) is 12.2 Å². The van der Waals surface area contributed by atoms with Gasteiger partial charge in [-0.2, -0.15) is 0 Å². The minimum absolute atomic E-state index is 0.195. The average Bonchev–Trinajstić information content (AvgIpc) is 2.96. The third-order valence-electron chi connectivity index (χ3n) is 9.21. The van der Waals surface area contributed by atoms with Crippen LogP contribution >= 0.6 is 11.6 Å². The highest BCUT2D eigenvalue weighted by Crippen LogP contribution is 2.70. The molecule has 180 valence electrons. The van der Waals surface area contributed by atoms with Crippen molar-refractivity contribution >= 4 is 34.9 Å². The number of rotatable bonds is 4. The number of allylic oxidation sites excluding steroid dienone is 4. The fourth-order valence-electron chi connectivity index (χ4n) is 7.50. The monoisotopic (exact) mass is 478 g/mol. The average molecular weight is 479 g/mol. The fraction of sp³-hybridized carbons (Fsp3) is 0.692. The summed E-state index contributed by atoms with van der Waals surface area (Å²) in [6.45, 7) is 8.70. The molecule has 0 spiro atoms. The molecule has 0 aromatic carbocycles. The van der Waals surface area contributed by atoms with E-state index in [1.54, 1.807) is 33.8 Å². The molecule has 3 saturated carbocycles. The van der Waals surface area contributed by atoms with Crippen molar-refractivity contribution in [3.05, 3.63) is 23.8 Å². The van der Waals surface area contributed by atoms with Crippen LogP contribution in [0.3, 0.4) is 0 Å². The molecular formula is C26H32ClFO5. The van der Waals surface area contributed by atoms with E-state index in [4.69, 9.17) is 16.3 Å². The van der Waals surface area contributed by atoms with E-state index in [0.717, 1.165) is 0 Å². The third kappa shape index (κ3) is 2.88. The van der Waals surface area contributed by atoms with Crippen LogP contribution in [0.25, 0.3) is 0 Å². The predicted octanol–water partition coefficient (Wildman–Crippen LogP) is 4.56. The molecule has 0 heterocycles. The molecule has 0 unspecified atom stereocenters. The van der Waals surface area contributed by atoms with Gasteiger partial charge < -0.3 is 4.74 Å². The molecule has 7 atom stereocenters. The largest absolute Gasteiger partial charge is 0.450 e. The van der Waals surface area contributed by atoms with Crippen molar-refractivity contribution in [1.29, 1.82) is 0 Å². The molecule has 0 N–H and O–H groups in total. The van der Waals surface area contributed by atoms with Gasteiger partial charge in [0.25, 0.3) is 0 Å². The van der Waals surface area contributed by atoms with Crippen molar-refractivity contribution in [3.8, 4) is 0 Å². The number of ether oxygens (including phenoxy) is 1. The zero-order valence-electron chi connectivity index (χ0n) is 19.9. The number of alkyl halides is 2. The summed E-state index contributed by atoms with van der Waals surface area (Å²) >= 11 is 6.02. The number of hydrogen-bond acceptors (Lipinski definition) is 5. The molecule has 0 bridgehead atoms. The quantitative estimate of drug-likeness (QED) is 0.437. The van der Waals surface area contributed by atoms with E-state index in [-0.39, 0.29) is 24.0 Å². The number of Topliss-reactive ketones (excluding diaryl/α,β-unsaturated/α-hetero) is 2. The lowest BCUT2D eigenvalue weighted by Gasteiger charge is -2.60. The zero-order chi connectivity index (χ0) is 24.6. The van der Waals surface area contributed by atoms with Gasteiger partial charge in [0, 0.05) is 29.1 Å². The summed E-state index contributed by atoms with van der Waals surface area (Å²) in [4.78, 5) is 51.8. The Morgan fingerprint density at radius 1 is 1.24 bits per heavy atom. The second-order valence-corrected chi connectivity index (χ2v) is 11.4. The van der Waals surface area contributed by atoms with Crippen LogP contribution in [0.4, 0.5) is 4.39 Å². The Morgan fingerprint density at radius 2 is 1.91 bits per heavy atom. The maximum absolute atomic E-state index is 17.1. The molecule has 3 fully saturated rings. The third-order valence-corrected chi connectivity index (χ3v) is 9.45. The molecule has 4 aliphatic rings.